The third kappa shape index (κ3) is 1.43. The number of para-hydroxylation sites is 1. The molecule has 4 nitrogen and oxygen atoms in total. The first kappa shape index (κ1) is 8.98. The third-order valence-corrected chi connectivity index (χ3v) is 2.45. The first-order valence-corrected chi connectivity index (χ1v) is 4.99. The number of nitrogens with one attached hydrogen (secondary N) is 1. The van der Waals surface area contributed by atoms with Crippen molar-refractivity contribution >= 4 is 26.2 Å². The van der Waals surface area contributed by atoms with Crippen LogP contribution in [0.2, 0.25) is 0 Å². The van der Waals surface area contributed by atoms with E-state index in [9.17, 15) is 13.5 Å². The number of H-pyrrole nitrogens is 1. The molecule has 0 radical (unpaired) electrons. The number of hydrogen-bond donors (Lipinski definition) is 2. The van der Waals surface area contributed by atoms with Gasteiger partial charge in [0.05, 0.1) is 5.69 Å². The van der Waals surface area contributed by atoms with Crippen LogP contribution in [0.3, 0.4) is 0 Å². The lowest BCUT2D eigenvalue weighted by molar-refractivity contribution is 0.559. The quantitative estimate of drug-likeness (QED) is 0.690. The molecule has 0 aliphatic carbocycles. The second kappa shape index (κ2) is 3.28. The van der Waals surface area contributed by atoms with Crippen molar-refractivity contribution in [3.05, 3.63) is 36.0 Å². The summed E-state index contributed by atoms with van der Waals surface area (Å²) in [5.74, 6) is 0. The van der Waals surface area contributed by atoms with Gasteiger partial charge in [-0.15, -0.1) is 0 Å². The highest BCUT2D eigenvalue weighted by Crippen LogP contribution is 2.14. The lowest BCUT2D eigenvalue weighted by Crippen LogP contribution is -1.99. The summed E-state index contributed by atoms with van der Waals surface area (Å²) in [4.78, 5) is 2.80. The van der Waals surface area contributed by atoms with E-state index in [2.05, 4.69) is 4.98 Å². The predicted molar refractivity (Wildman–Crippen MR) is 54.0 cm³/mol. The summed E-state index contributed by atoms with van der Waals surface area (Å²) in [6, 6.07) is 8.88. The standard InChI is InChI=1S/C9H7NO3S/c11-9(14(12)13)8-5-6-3-1-2-4-7(6)10-8/h1-5,10-11H. The molecule has 2 rings (SSSR count). The number of fused-ring (bicyclic) bond motifs is 1. The summed E-state index contributed by atoms with van der Waals surface area (Å²) >= 11 is 0. The lowest BCUT2D eigenvalue weighted by atomic mass is 10.2. The highest BCUT2D eigenvalue weighted by molar-refractivity contribution is 7.73. The fourth-order valence-corrected chi connectivity index (χ4v) is 1.57. The minimum atomic E-state index is -2.60. The van der Waals surface area contributed by atoms with E-state index in [0.717, 1.165) is 10.9 Å². The summed E-state index contributed by atoms with van der Waals surface area (Å²) < 4.78 is 20.9. The zero-order valence-corrected chi connectivity index (χ0v) is 7.88. The van der Waals surface area contributed by atoms with Crippen molar-refractivity contribution in [3.63, 3.8) is 0 Å². The molecule has 1 aromatic carbocycles. The molecule has 1 aromatic heterocycles. The van der Waals surface area contributed by atoms with Crippen molar-refractivity contribution in [3.8, 4) is 0 Å². The predicted octanol–water partition coefficient (Wildman–Crippen LogP) is 1.08. The monoisotopic (exact) mass is 209 g/mol. The van der Waals surface area contributed by atoms with E-state index < -0.39 is 15.3 Å². The molecule has 0 unspecified atom stereocenters. The van der Waals surface area contributed by atoms with E-state index in [1.165, 1.54) is 0 Å². The Kier molecular flexibility index (Phi) is 2.11. The van der Waals surface area contributed by atoms with Gasteiger partial charge in [-0.05, 0) is 12.1 Å². The van der Waals surface area contributed by atoms with Gasteiger partial charge in [0, 0.05) is 10.9 Å². The lowest BCUT2D eigenvalue weighted by Gasteiger charge is -1.86. The minimum Gasteiger partial charge on any atom is -0.352 e. The van der Waals surface area contributed by atoms with Crippen LogP contribution in [0.5, 0.6) is 0 Å². The Balaban J connectivity index is 2.73. The van der Waals surface area contributed by atoms with Gasteiger partial charge in [-0.3, -0.25) is 0 Å². The van der Waals surface area contributed by atoms with E-state index in [1.807, 2.05) is 18.2 Å². The summed E-state index contributed by atoms with van der Waals surface area (Å²) in [5, 5.41) is 9.37. The van der Waals surface area contributed by atoms with Gasteiger partial charge in [-0.2, -0.15) is 8.42 Å². The van der Waals surface area contributed by atoms with Crippen molar-refractivity contribution in [2.75, 3.05) is 0 Å². The van der Waals surface area contributed by atoms with Crippen LogP contribution in [0.1, 0.15) is 5.69 Å². The Hall–Kier alpha value is -1.59. The van der Waals surface area contributed by atoms with Gasteiger partial charge >= 0.3 is 0 Å². The Bertz CT molecular complexity index is 569. The first-order chi connectivity index (χ1) is 6.68. The molecule has 0 aliphatic heterocycles. The van der Waals surface area contributed by atoms with Gasteiger partial charge in [-0.25, -0.2) is 0 Å². The van der Waals surface area contributed by atoms with Crippen molar-refractivity contribution < 1.29 is 13.5 Å². The highest BCUT2D eigenvalue weighted by atomic mass is 32.2. The van der Waals surface area contributed by atoms with Gasteiger partial charge in [0.2, 0.25) is 15.3 Å². The number of aromatic nitrogens is 1. The molecule has 0 spiro atoms. The summed E-state index contributed by atoms with van der Waals surface area (Å²) in [5.41, 5.74) is 0.999. The molecule has 1 heterocycles. The Morgan fingerprint density at radius 3 is 2.64 bits per heavy atom. The van der Waals surface area contributed by atoms with Crippen molar-refractivity contribution in [2.45, 2.75) is 0 Å². The van der Waals surface area contributed by atoms with E-state index >= 15 is 0 Å². The van der Waals surface area contributed by atoms with Crippen LogP contribution in [0.15, 0.2) is 30.3 Å². The fraction of sp³-hybridized carbons (Fsp3) is 0. The molecule has 0 bridgehead atoms. The molecule has 0 atom stereocenters. The average molecular weight is 209 g/mol. The van der Waals surface area contributed by atoms with Crippen molar-refractivity contribution in [1.29, 1.82) is 0 Å². The van der Waals surface area contributed by atoms with E-state index in [4.69, 9.17) is 0 Å². The van der Waals surface area contributed by atoms with E-state index in [-0.39, 0.29) is 5.69 Å². The zero-order valence-electron chi connectivity index (χ0n) is 7.06. The van der Waals surface area contributed by atoms with Crippen molar-refractivity contribution in [2.24, 2.45) is 0 Å². The minimum absolute atomic E-state index is 0.208. The average Bonchev–Trinajstić information content (AvgIpc) is 2.59. The zero-order chi connectivity index (χ0) is 10.1. The smallest absolute Gasteiger partial charge is 0.247 e. The second-order valence-corrected chi connectivity index (χ2v) is 3.67. The Labute approximate surface area is 81.3 Å². The first-order valence-electron chi connectivity index (χ1n) is 3.92. The molecular weight excluding hydrogens is 202 g/mol. The molecule has 14 heavy (non-hydrogen) atoms. The summed E-state index contributed by atoms with van der Waals surface area (Å²) in [7, 11) is -2.60. The number of hydrogen-bond acceptors (Lipinski definition) is 2. The number of rotatable bonds is 1. The maximum absolute atomic E-state index is 10.5. The molecule has 5 heteroatoms. The molecule has 0 aliphatic rings. The van der Waals surface area contributed by atoms with Crippen LogP contribution >= 0.6 is 0 Å². The van der Waals surface area contributed by atoms with Crippen LogP contribution in [-0.2, 0) is 10.3 Å². The number of aromatic amines is 1. The number of benzene rings is 1. The van der Waals surface area contributed by atoms with E-state index in [0.29, 0.717) is 0 Å². The Morgan fingerprint density at radius 2 is 2.00 bits per heavy atom. The van der Waals surface area contributed by atoms with Crippen LogP contribution in [0.4, 0.5) is 0 Å². The summed E-state index contributed by atoms with van der Waals surface area (Å²) in [6.07, 6.45) is 0. The van der Waals surface area contributed by atoms with Crippen LogP contribution in [0, 0.1) is 0 Å². The van der Waals surface area contributed by atoms with Crippen LogP contribution in [0.25, 0.3) is 10.9 Å². The molecule has 0 saturated heterocycles. The molecule has 0 fully saturated rings. The topological polar surface area (TPSA) is 70.2 Å². The largest absolute Gasteiger partial charge is 0.352 e. The van der Waals surface area contributed by atoms with Gasteiger partial charge in [0.15, 0.2) is 0 Å². The highest BCUT2D eigenvalue weighted by Gasteiger charge is 2.05. The van der Waals surface area contributed by atoms with Gasteiger partial charge in [-0.1, -0.05) is 18.2 Å². The molecule has 0 saturated carbocycles. The molecule has 0 amide bonds. The normalized spacial score (nSPS) is 10.4. The Morgan fingerprint density at radius 1 is 1.29 bits per heavy atom. The van der Waals surface area contributed by atoms with Crippen LogP contribution < -0.4 is 0 Å². The van der Waals surface area contributed by atoms with Crippen molar-refractivity contribution in [1.82, 2.24) is 4.98 Å². The number of aliphatic hydroxyl groups is 1. The molecule has 72 valence electrons. The van der Waals surface area contributed by atoms with Gasteiger partial charge in [0.25, 0.3) is 0 Å². The van der Waals surface area contributed by atoms with E-state index in [1.54, 1.807) is 12.1 Å². The second-order valence-electron chi connectivity index (χ2n) is 2.81. The summed E-state index contributed by atoms with van der Waals surface area (Å²) in [6.45, 7) is 0. The van der Waals surface area contributed by atoms with Gasteiger partial charge < -0.3 is 10.1 Å². The van der Waals surface area contributed by atoms with Gasteiger partial charge in [0.1, 0.15) is 0 Å². The molecular formula is C9H7NO3S. The third-order valence-electron chi connectivity index (χ3n) is 1.92. The molecule has 2 N–H and O–H groups in total. The fourth-order valence-electron chi connectivity index (χ4n) is 1.28. The van der Waals surface area contributed by atoms with Crippen LogP contribution in [-0.4, -0.2) is 23.6 Å². The molecule has 2 aromatic rings. The number of aliphatic hydroxyl groups excluding tert-OH is 1. The maximum Gasteiger partial charge on any atom is 0.247 e. The maximum atomic E-state index is 10.5. The SMILES string of the molecule is O=S(=O)=C(O)c1cc2ccccc2[nH]1.